The highest BCUT2D eigenvalue weighted by atomic mass is 16.6. The van der Waals surface area contributed by atoms with Gasteiger partial charge in [0, 0.05) is 32.6 Å². The van der Waals surface area contributed by atoms with E-state index in [1.807, 2.05) is 60.7 Å². The monoisotopic (exact) mass is 611 g/mol. The molecule has 0 saturated carbocycles. The summed E-state index contributed by atoms with van der Waals surface area (Å²) in [6.07, 6.45) is -2.22. The predicted octanol–water partition coefficient (Wildman–Crippen LogP) is 5.13. The molecule has 0 unspecified atom stereocenters. The van der Waals surface area contributed by atoms with E-state index in [2.05, 4.69) is 20.9 Å². The largest absolute Gasteiger partial charge is 0.445 e. The van der Waals surface area contributed by atoms with Crippen molar-refractivity contribution < 1.29 is 33.4 Å². The van der Waals surface area contributed by atoms with Crippen LogP contribution in [0.2, 0.25) is 0 Å². The maximum Gasteiger partial charge on any atom is 0.437 e. The Morgan fingerprint density at radius 1 is 0.818 bits per heavy atom. The third kappa shape index (κ3) is 15.6. The highest BCUT2D eigenvalue weighted by Gasteiger charge is 2.24. The topological polar surface area (TPSA) is 148 Å². The first-order valence-electron chi connectivity index (χ1n) is 14.4. The van der Waals surface area contributed by atoms with Gasteiger partial charge in [0.2, 0.25) is 11.9 Å². The van der Waals surface area contributed by atoms with Crippen molar-refractivity contribution in [2.24, 2.45) is 4.99 Å². The van der Waals surface area contributed by atoms with Crippen LogP contribution in [0, 0.1) is 0 Å². The quantitative estimate of drug-likeness (QED) is 0.190. The number of carbonyl (C=O) groups excluding carboxylic acids is 4. The molecule has 44 heavy (non-hydrogen) atoms. The number of amides is 4. The fraction of sp³-hybridized carbons (Fsp3) is 0.469. The first-order chi connectivity index (χ1) is 20.6. The van der Waals surface area contributed by atoms with Gasteiger partial charge in [-0.15, -0.1) is 4.99 Å². The summed E-state index contributed by atoms with van der Waals surface area (Å²) in [5.74, 6) is -0.396. The highest BCUT2D eigenvalue weighted by molar-refractivity contribution is 5.98. The van der Waals surface area contributed by atoms with Gasteiger partial charge in [0.1, 0.15) is 17.8 Å². The van der Waals surface area contributed by atoms with E-state index in [0.29, 0.717) is 6.54 Å². The standard InChI is InChI=1S/C32H45N5O7/c1-31(2,3)43-29(40)35-27(36-30(41)44-32(4,5)6)37(7)19-18-25(20-26(38)33-21-23-14-10-8-11-15-23)34-28(39)42-22-24-16-12-9-13-17-24/h8-17,25H,18-22H2,1-7H3,(H,33,38)(H,34,39)(H,35,36,40,41)/t25-/m0/s1. The van der Waals surface area contributed by atoms with Crippen molar-refractivity contribution in [1.29, 1.82) is 0 Å². The Morgan fingerprint density at radius 2 is 1.39 bits per heavy atom. The lowest BCUT2D eigenvalue weighted by Gasteiger charge is -2.26. The number of alkyl carbamates (subject to hydrolysis) is 2. The molecule has 0 fully saturated rings. The van der Waals surface area contributed by atoms with Crippen molar-refractivity contribution in [3.05, 3.63) is 71.8 Å². The van der Waals surface area contributed by atoms with Crippen molar-refractivity contribution >= 4 is 30.1 Å². The molecule has 4 amide bonds. The number of rotatable bonds is 10. The van der Waals surface area contributed by atoms with Crippen LogP contribution in [-0.4, -0.2) is 65.9 Å². The molecule has 0 aliphatic carbocycles. The van der Waals surface area contributed by atoms with Gasteiger partial charge in [-0.05, 0) is 59.1 Å². The van der Waals surface area contributed by atoms with Crippen LogP contribution in [0.25, 0.3) is 0 Å². The van der Waals surface area contributed by atoms with Crippen LogP contribution >= 0.6 is 0 Å². The zero-order chi connectivity index (χ0) is 32.8. The predicted molar refractivity (Wildman–Crippen MR) is 167 cm³/mol. The Labute approximate surface area is 259 Å². The van der Waals surface area contributed by atoms with Crippen molar-refractivity contribution in [3.63, 3.8) is 0 Å². The number of benzene rings is 2. The van der Waals surface area contributed by atoms with Crippen LogP contribution in [0.3, 0.4) is 0 Å². The van der Waals surface area contributed by atoms with Crippen LogP contribution in [0.4, 0.5) is 14.4 Å². The van der Waals surface area contributed by atoms with E-state index in [0.717, 1.165) is 11.1 Å². The second kappa shape index (κ2) is 16.9. The third-order valence-electron chi connectivity index (χ3n) is 5.68. The molecule has 240 valence electrons. The number of ether oxygens (including phenoxy) is 3. The van der Waals surface area contributed by atoms with Crippen LogP contribution in [0.5, 0.6) is 0 Å². The number of nitrogens with one attached hydrogen (secondary N) is 3. The van der Waals surface area contributed by atoms with Gasteiger partial charge in [-0.2, -0.15) is 0 Å². The van der Waals surface area contributed by atoms with Crippen molar-refractivity contribution in [3.8, 4) is 0 Å². The maximum atomic E-state index is 12.8. The van der Waals surface area contributed by atoms with Crippen LogP contribution in [-0.2, 0) is 32.2 Å². The summed E-state index contributed by atoms with van der Waals surface area (Å²) in [5.41, 5.74) is 0.152. The minimum atomic E-state index is -0.908. The minimum Gasteiger partial charge on any atom is -0.445 e. The normalized spacial score (nSPS) is 12.4. The van der Waals surface area contributed by atoms with Gasteiger partial charge in [0.25, 0.3) is 0 Å². The molecule has 2 aromatic rings. The third-order valence-corrected chi connectivity index (χ3v) is 5.68. The SMILES string of the molecule is CN(CC[C@@H](CC(=O)NCc1ccccc1)NC(=O)OCc1ccccc1)/C(=N/C(=O)OC(C)(C)C)NC(=O)OC(C)(C)C. The second-order valence-corrected chi connectivity index (χ2v) is 12.1. The molecule has 3 N–H and O–H groups in total. The summed E-state index contributed by atoms with van der Waals surface area (Å²) in [7, 11) is 1.60. The molecule has 0 spiro atoms. The van der Waals surface area contributed by atoms with Gasteiger partial charge >= 0.3 is 18.3 Å². The average molecular weight is 612 g/mol. The molecule has 1 atom stereocenters. The molecule has 0 aliphatic rings. The molecule has 0 heterocycles. The van der Waals surface area contributed by atoms with E-state index in [-0.39, 0.29) is 37.9 Å². The summed E-state index contributed by atoms with van der Waals surface area (Å²) in [4.78, 5) is 56.0. The lowest BCUT2D eigenvalue weighted by atomic mass is 10.1. The van der Waals surface area contributed by atoms with Crippen molar-refractivity contribution in [2.45, 2.75) is 84.8 Å². The van der Waals surface area contributed by atoms with Gasteiger partial charge in [0.15, 0.2) is 0 Å². The van der Waals surface area contributed by atoms with Crippen LogP contribution in [0.1, 0.15) is 65.5 Å². The summed E-state index contributed by atoms with van der Waals surface area (Å²) in [5, 5.41) is 8.12. The number of carbonyl (C=O) groups is 4. The van der Waals surface area contributed by atoms with Gasteiger partial charge in [-0.25, -0.2) is 14.4 Å². The first-order valence-corrected chi connectivity index (χ1v) is 14.4. The summed E-state index contributed by atoms with van der Waals surface area (Å²) in [6, 6.07) is 18.0. The van der Waals surface area contributed by atoms with E-state index in [4.69, 9.17) is 14.2 Å². The van der Waals surface area contributed by atoms with E-state index >= 15 is 0 Å². The first kappa shape index (κ1) is 35.6. The van der Waals surface area contributed by atoms with E-state index in [1.165, 1.54) is 4.90 Å². The minimum absolute atomic E-state index is 0.0425. The second-order valence-electron chi connectivity index (χ2n) is 12.1. The summed E-state index contributed by atoms with van der Waals surface area (Å²) >= 11 is 0. The number of hydrogen-bond donors (Lipinski definition) is 3. The molecule has 2 rings (SSSR count). The van der Waals surface area contributed by atoms with E-state index in [9.17, 15) is 19.2 Å². The number of hydrogen-bond acceptors (Lipinski definition) is 7. The van der Waals surface area contributed by atoms with Crippen molar-refractivity contribution in [1.82, 2.24) is 20.9 Å². The van der Waals surface area contributed by atoms with Gasteiger partial charge in [0.05, 0.1) is 0 Å². The van der Waals surface area contributed by atoms with Gasteiger partial charge in [-0.3, -0.25) is 10.1 Å². The Kier molecular flexibility index (Phi) is 13.7. The molecular weight excluding hydrogens is 566 g/mol. The Morgan fingerprint density at radius 3 is 1.95 bits per heavy atom. The molecule has 0 aliphatic heterocycles. The molecular formula is C32H45N5O7. The lowest BCUT2D eigenvalue weighted by Crippen LogP contribution is -2.47. The van der Waals surface area contributed by atoms with Crippen molar-refractivity contribution in [2.75, 3.05) is 13.6 Å². The Bertz CT molecular complexity index is 1200. The Hall–Kier alpha value is -4.61. The average Bonchev–Trinajstić information content (AvgIpc) is 2.92. The zero-order valence-electron chi connectivity index (χ0n) is 26.6. The maximum absolute atomic E-state index is 12.8. The Balaban J connectivity index is 2.13. The summed E-state index contributed by atoms with van der Waals surface area (Å²) in [6.45, 7) is 10.8. The van der Waals surface area contributed by atoms with Gasteiger partial charge in [-0.1, -0.05) is 60.7 Å². The molecule has 12 nitrogen and oxygen atoms in total. The fourth-order valence-electron chi connectivity index (χ4n) is 3.68. The highest BCUT2D eigenvalue weighted by Crippen LogP contribution is 2.11. The molecule has 0 radical (unpaired) electrons. The number of guanidine groups is 1. The molecule has 2 aromatic carbocycles. The molecule has 0 aromatic heterocycles. The molecule has 0 bridgehead atoms. The molecule has 0 saturated heterocycles. The number of aliphatic imine (C=N–C) groups is 1. The fourth-order valence-corrected chi connectivity index (χ4v) is 3.68. The molecule has 12 heteroatoms. The lowest BCUT2D eigenvalue weighted by molar-refractivity contribution is -0.121. The van der Waals surface area contributed by atoms with Crippen LogP contribution < -0.4 is 16.0 Å². The van der Waals surface area contributed by atoms with E-state index < -0.39 is 35.5 Å². The van der Waals surface area contributed by atoms with E-state index in [1.54, 1.807) is 48.6 Å². The summed E-state index contributed by atoms with van der Waals surface area (Å²) < 4.78 is 16.0. The number of nitrogens with zero attached hydrogens (tertiary/aromatic N) is 2. The van der Waals surface area contributed by atoms with Gasteiger partial charge < -0.3 is 29.7 Å². The smallest absolute Gasteiger partial charge is 0.437 e. The zero-order valence-corrected chi connectivity index (χ0v) is 26.6. The van der Waals surface area contributed by atoms with Crippen LogP contribution in [0.15, 0.2) is 65.7 Å².